The Labute approximate surface area is 174 Å². The molecule has 2 aromatic heterocycles. The minimum absolute atomic E-state index is 0.135. The third-order valence-electron chi connectivity index (χ3n) is 3.93. The van der Waals surface area contributed by atoms with Gasteiger partial charge < -0.3 is 19.3 Å². The molecule has 0 atom stereocenters. The van der Waals surface area contributed by atoms with Crippen LogP contribution in [0, 0.1) is 0 Å². The molecule has 29 heavy (non-hydrogen) atoms. The second kappa shape index (κ2) is 10.6. The molecule has 2 heterocycles. The summed E-state index contributed by atoms with van der Waals surface area (Å²) in [5.41, 5.74) is 0.662. The van der Waals surface area contributed by atoms with Gasteiger partial charge >= 0.3 is 0 Å². The lowest BCUT2D eigenvalue weighted by atomic mass is 10.2. The molecule has 1 amide bonds. The van der Waals surface area contributed by atoms with Crippen molar-refractivity contribution in [2.75, 3.05) is 18.5 Å². The molecule has 154 valence electrons. The van der Waals surface area contributed by atoms with Gasteiger partial charge in [-0.05, 0) is 36.4 Å². The number of ether oxygens (including phenoxy) is 2. The molecule has 0 saturated heterocycles. The van der Waals surface area contributed by atoms with E-state index < -0.39 is 0 Å². The van der Waals surface area contributed by atoms with Gasteiger partial charge in [0.05, 0.1) is 18.1 Å². The fraction of sp³-hybridized carbons (Fsp3) is 0.381. The third-order valence-corrected chi connectivity index (χ3v) is 4.79. The molecule has 3 rings (SSSR count). The first-order chi connectivity index (χ1) is 14.2. The first kappa shape index (κ1) is 20.9. The number of hydrogen-bond donors (Lipinski definition) is 1. The Morgan fingerprint density at radius 1 is 1.14 bits per heavy atom. The van der Waals surface area contributed by atoms with Crippen molar-refractivity contribution in [2.45, 2.75) is 39.5 Å². The first-order valence-corrected chi connectivity index (χ1v) is 10.6. The highest BCUT2D eigenvalue weighted by atomic mass is 32.1. The van der Waals surface area contributed by atoms with Crippen LogP contribution >= 0.6 is 11.3 Å². The van der Waals surface area contributed by atoms with E-state index in [0.717, 1.165) is 17.7 Å². The lowest BCUT2D eigenvalue weighted by Gasteiger charge is -2.14. The number of amides is 1. The molecule has 0 fully saturated rings. The third kappa shape index (κ3) is 6.05. The van der Waals surface area contributed by atoms with E-state index in [0.29, 0.717) is 48.5 Å². The Hall–Kier alpha value is -2.87. The van der Waals surface area contributed by atoms with Gasteiger partial charge in [-0.3, -0.25) is 4.79 Å². The summed E-state index contributed by atoms with van der Waals surface area (Å²) < 4.78 is 16.7. The van der Waals surface area contributed by atoms with Crippen LogP contribution in [0.2, 0.25) is 0 Å². The SMILES string of the molecule is CCCOc1ccc(NC(=O)CCc2nc(-c3cccs3)no2)cc1OCCC. The number of nitrogens with one attached hydrogen (secondary N) is 1. The number of carbonyl (C=O) groups is 1. The molecule has 0 aliphatic heterocycles. The molecule has 0 spiro atoms. The smallest absolute Gasteiger partial charge is 0.227 e. The fourth-order valence-electron chi connectivity index (χ4n) is 2.55. The van der Waals surface area contributed by atoms with Crippen molar-refractivity contribution in [3.8, 4) is 22.2 Å². The number of carbonyl (C=O) groups excluding carboxylic acids is 1. The number of aromatic nitrogens is 2. The Morgan fingerprint density at radius 3 is 2.66 bits per heavy atom. The van der Waals surface area contributed by atoms with Crippen LogP contribution in [0.3, 0.4) is 0 Å². The average molecular weight is 416 g/mol. The summed E-state index contributed by atoms with van der Waals surface area (Å²) >= 11 is 1.54. The lowest BCUT2D eigenvalue weighted by Crippen LogP contribution is -2.12. The number of nitrogens with zero attached hydrogens (tertiary/aromatic N) is 2. The van der Waals surface area contributed by atoms with Gasteiger partial charge in [0.25, 0.3) is 0 Å². The number of aryl methyl sites for hydroxylation is 1. The molecule has 8 heteroatoms. The summed E-state index contributed by atoms with van der Waals surface area (Å²) in [7, 11) is 0. The minimum Gasteiger partial charge on any atom is -0.490 e. The van der Waals surface area contributed by atoms with Gasteiger partial charge in [-0.1, -0.05) is 25.1 Å². The highest BCUT2D eigenvalue weighted by Crippen LogP contribution is 2.31. The van der Waals surface area contributed by atoms with Gasteiger partial charge in [0, 0.05) is 24.6 Å². The standard InChI is InChI=1S/C21H25N3O4S/c1-3-11-26-16-8-7-15(14-17(16)27-12-4-2)22-19(25)9-10-20-23-21(24-28-20)18-6-5-13-29-18/h5-8,13-14H,3-4,9-12H2,1-2H3,(H,22,25). The highest BCUT2D eigenvalue weighted by molar-refractivity contribution is 7.13. The van der Waals surface area contributed by atoms with Crippen molar-refractivity contribution in [1.82, 2.24) is 10.1 Å². The number of thiophene rings is 1. The van der Waals surface area contributed by atoms with Crippen LogP contribution in [0.15, 0.2) is 40.2 Å². The monoisotopic (exact) mass is 415 g/mol. The maximum Gasteiger partial charge on any atom is 0.227 e. The molecule has 0 saturated carbocycles. The van der Waals surface area contributed by atoms with E-state index in [1.807, 2.05) is 43.5 Å². The van der Waals surface area contributed by atoms with E-state index in [4.69, 9.17) is 14.0 Å². The summed E-state index contributed by atoms with van der Waals surface area (Å²) in [6, 6.07) is 9.28. The summed E-state index contributed by atoms with van der Waals surface area (Å²) in [6.45, 7) is 5.29. The van der Waals surface area contributed by atoms with Crippen LogP contribution in [0.25, 0.3) is 10.7 Å². The van der Waals surface area contributed by atoms with Crippen molar-refractivity contribution in [3.63, 3.8) is 0 Å². The van der Waals surface area contributed by atoms with Crippen LogP contribution < -0.4 is 14.8 Å². The predicted molar refractivity (Wildman–Crippen MR) is 113 cm³/mol. The zero-order valence-electron chi connectivity index (χ0n) is 16.6. The van der Waals surface area contributed by atoms with Crippen molar-refractivity contribution in [3.05, 3.63) is 41.6 Å². The highest BCUT2D eigenvalue weighted by Gasteiger charge is 2.13. The predicted octanol–water partition coefficient (Wildman–Crippen LogP) is 4.95. The molecule has 0 bridgehead atoms. The summed E-state index contributed by atoms with van der Waals surface area (Å²) in [6.07, 6.45) is 2.42. The first-order valence-electron chi connectivity index (χ1n) is 9.75. The van der Waals surface area contributed by atoms with Crippen LogP contribution in [0.1, 0.15) is 39.0 Å². The maximum atomic E-state index is 12.3. The van der Waals surface area contributed by atoms with Crippen LogP contribution in [-0.4, -0.2) is 29.3 Å². The second-order valence-electron chi connectivity index (χ2n) is 6.40. The second-order valence-corrected chi connectivity index (χ2v) is 7.34. The van der Waals surface area contributed by atoms with E-state index in [9.17, 15) is 4.79 Å². The summed E-state index contributed by atoms with van der Waals surface area (Å²) in [5.74, 6) is 2.18. The zero-order valence-corrected chi connectivity index (χ0v) is 17.5. The number of benzene rings is 1. The quantitative estimate of drug-likeness (QED) is 0.477. The molecule has 0 aliphatic rings. The number of rotatable bonds is 11. The van der Waals surface area contributed by atoms with Gasteiger partial charge in [0.2, 0.25) is 17.6 Å². The lowest BCUT2D eigenvalue weighted by molar-refractivity contribution is -0.116. The molecule has 0 aliphatic carbocycles. The van der Waals surface area contributed by atoms with E-state index in [1.54, 1.807) is 17.4 Å². The molecule has 1 aromatic carbocycles. The molecular weight excluding hydrogens is 390 g/mol. The van der Waals surface area contributed by atoms with Crippen molar-refractivity contribution in [2.24, 2.45) is 0 Å². The Bertz CT molecular complexity index is 909. The molecular formula is C21H25N3O4S. The van der Waals surface area contributed by atoms with Crippen LogP contribution in [0.5, 0.6) is 11.5 Å². The molecule has 1 N–H and O–H groups in total. The van der Waals surface area contributed by atoms with Crippen LogP contribution in [-0.2, 0) is 11.2 Å². The van der Waals surface area contributed by atoms with E-state index in [1.165, 1.54) is 0 Å². The molecule has 7 nitrogen and oxygen atoms in total. The van der Waals surface area contributed by atoms with E-state index >= 15 is 0 Å². The fourth-order valence-corrected chi connectivity index (χ4v) is 3.20. The van der Waals surface area contributed by atoms with E-state index in [-0.39, 0.29) is 12.3 Å². The number of anilines is 1. The summed E-state index contributed by atoms with van der Waals surface area (Å²) in [4.78, 5) is 17.6. The van der Waals surface area contributed by atoms with Crippen molar-refractivity contribution in [1.29, 1.82) is 0 Å². The van der Waals surface area contributed by atoms with Gasteiger partial charge in [0.15, 0.2) is 11.5 Å². The van der Waals surface area contributed by atoms with Gasteiger partial charge in [-0.2, -0.15) is 4.98 Å². The maximum absolute atomic E-state index is 12.3. The Balaban J connectivity index is 1.56. The van der Waals surface area contributed by atoms with Crippen LogP contribution in [0.4, 0.5) is 5.69 Å². The van der Waals surface area contributed by atoms with Crippen molar-refractivity contribution >= 4 is 22.9 Å². The molecule has 3 aromatic rings. The minimum atomic E-state index is -0.135. The Kier molecular flexibility index (Phi) is 7.63. The van der Waals surface area contributed by atoms with Gasteiger partial charge in [-0.15, -0.1) is 11.3 Å². The largest absolute Gasteiger partial charge is 0.490 e. The summed E-state index contributed by atoms with van der Waals surface area (Å²) in [5, 5.41) is 8.80. The average Bonchev–Trinajstić information content (AvgIpc) is 3.41. The zero-order chi connectivity index (χ0) is 20.5. The normalized spacial score (nSPS) is 10.7. The molecule has 0 radical (unpaired) electrons. The van der Waals surface area contributed by atoms with Gasteiger partial charge in [-0.25, -0.2) is 0 Å². The van der Waals surface area contributed by atoms with Crippen molar-refractivity contribution < 1.29 is 18.8 Å². The topological polar surface area (TPSA) is 86.5 Å². The van der Waals surface area contributed by atoms with Gasteiger partial charge in [0.1, 0.15) is 0 Å². The Morgan fingerprint density at radius 2 is 1.93 bits per heavy atom. The molecule has 0 unspecified atom stereocenters. The number of hydrogen-bond acceptors (Lipinski definition) is 7. The van der Waals surface area contributed by atoms with E-state index in [2.05, 4.69) is 15.5 Å².